The van der Waals surface area contributed by atoms with Gasteiger partial charge in [-0.25, -0.2) is 28.1 Å². The molecule has 224 valence electrons. The highest BCUT2D eigenvalue weighted by molar-refractivity contribution is 7.92. The Balaban J connectivity index is 1.68. The van der Waals surface area contributed by atoms with Crippen molar-refractivity contribution < 1.29 is 17.9 Å². The van der Waals surface area contributed by atoms with Crippen LogP contribution in [0.3, 0.4) is 0 Å². The van der Waals surface area contributed by atoms with Gasteiger partial charge in [-0.05, 0) is 68.0 Å². The number of aryl methyl sites for hydroxylation is 3. The first-order valence-corrected chi connectivity index (χ1v) is 15.6. The van der Waals surface area contributed by atoms with Crippen LogP contribution in [0.4, 0.5) is 5.95 Å². The molecular formula is C32H36N6O4S. The number of nitrogens with one attached hydrogen (secondary N) is 1. The smallest absolute Gasteiger partial charge is 0.264 e. The highest BCUT2D eigenvalue weighted by atomic mass is 32.2. The van der Waals surface area contributed by atoms with E-state index in [1.165, 1.54) is 12.1 Å². The molecule has 5 rings (SSSR count). The molecule has 11 heteroatoms. The van der Waals surface area contributed by atoms with Gasteiger partial charge in [0.15, 0.2) is 0 Å². The van der Waals surface area contributed by atoms with E-state index < -0.39 is 16.1 Å². The summed E-state index contributed by atoms with van der Waals surface area (Å²) in [4.78, 5) is 33.7. The number of carbonyl (C=O) groups is 1. The number of benzene rings is 2. The first-order valence-electron chi connectivity index (χ1n) is 14.1. The van der Waals surface area contributed by atoms with Gasteiger partial charge in [0.1, 0.15) is 12.4 Å². The number of hydrogen-bond acceptors (Lipinski definition) is 8. The lowest BCUT2D eigenvalue weighted by molar-refractivity contribution is 0.0505. The molecule has 4 bridgehead atoms. The summed E-state index contributed by atoms with van der Waals surface area (Å²) in [7, 11) is -4.15. The van der Waals surface area contributed by atoms with Gasteiger partial charge in [0.2, 0.25) is 11.8 Å². The van der Waals surface area contributed by atoms with E-state index >= 15 is 0 Å². The van der Waals surface area contributed by atoms with Crippen LogP contribution in [0, 0.1) is 26.2 Å². The quantitative estimate of drug-likeness (QED) is 0.325. The largest absolute Gasteiger partial charge is 0.475 e. The van der Waals surface area contributed by atoms with Crippen molar-refractivity contribution in [3.8, 4) is 17.1 Å². The Labute approximate surface area is 252 Å². The highest BCUT2D eigenvalue weighted by Crippen LogP contribution is 2.31. The second-order valence-corrected chi connectivity index (χ2v) is 13.8. The number of anilines is 1. The average Bonchev–Trinajstić information content (AvgIpc) is 2.92. The molecule has 4 aromatic rings. The standard InChI is InChI=1S/C32H36N6O4S/c1-20-9-7-10-21(2)29(20)26-16-28-36-31(35-26)37-43(40,41)25-12-8-11-23(15-25)30(39)38(18-27-33-14-13-22(3)34-27)24(19-42-28)17-32(4,5)6/h7-16,24H,17-19H2,1-6H3,(H,35,36,37)/t24-/m1/s1. The summed E-state index contributed by atoms with van der Waals surface area (Å²) in [6.07, 6.45) is 2.25. The topological polar surface area (TPSA) is 127 Å². The Bertz CT molecular complexity index is 1760. The summed E-state index contributed by atoms with van der Waals surface area (Å²) < 4.78 is 35.9. The fourth-order valence-electron chi connectivity index (χ4n) is 5.28. The van der Waals surface area contributed by atoms with Crippen molar-refractivity contribution in [1.29, 1.82) is 0 Å². The van der Waals surface area contributed by atoms with Crippen LogP contribution in [0.25, 0.3) is 11.3 Å². The van der Waals surface area contributed by atoms with E-state index in [-0.39, 0.29) is 46.8 Å². The van der Waals surface area contributed by atoms with E-state index in [0.29, 0.717) is 17.9 Å². The van der Waals surface area contributed by atoms with Crippen molar-refractivity contribution in [2.45, 2.75) is 65.4 Å². The van der Waals surface area contributed by atoms with Crippen LogP contribution in [-0.4, -0.2) is 51.8 Å². The van der Waals surface area contributed by atoms with Crippen molar-refractivity contribution in [3.05, 3.63) is 89.0 Å². The van der Waals surface area contributed by atoms with E-state index in [1.54, 1.807) is 35.4 Å². The summed E-state index contributed by atoms with van der Waals surface area (Å²) in [6.45, 7) is 12.3. The molecule has 1 atom stereocenters. The maximum Gasteiger partial charge on any atom is 0.264 e. The predicted molar refractivity (Wildman–Crippen MR) is 164 cm³/mol. The number of ether oxygens (including phenoxy) is 1. The van der Waals surface area contributed by atoms with Crippen LogP contribution < -0.4 is 9.46 Å². The fourth-order valence-corrected chi connectivity index (χ4v) is 6.27. The van der Waals surface area contributed by atoms with Crippen LogP contribution in [0.1, 0.15) is 60.2 Å². The second-order valence-electron chi connectivity index (χ2n) is 12.1. The van der Waals surface area contributed by atoms with Gasteiger partial charge in [-0.3, -0.25) is 4.79 Å². The Kier molecular flexibility index (Phi) is 8.20. The lowest BCUT2D eigenvalue weighted by Crippen LogP contribution is -2.45. The molecule has 0 radical (unpaired) electrons. The molecular weight excluding hydrogens is 564 g/mol. The minimum Gasteiger partial charge on any atom is -0.475 e. The van der Waals surface area contributed by atoms with Crippen molar-refractivity contribution >= 4 is 21.9 Å². The van der Waals surface area contributed by atoms with Gasteiger partial charge >= 0.3 is 0 Å². The van der Waals surface area contributed by atoms with Crippen LogP contribution in [0.2, 0.25) is 0 Å². The maximum atomic E-state index is 14.2. The SMILES string of the molecule is Cc1ccnc(CN2C(=O)c3cccc(c3)S(=O)(=O)Nc3nc(cc(-c4c(C)cccc4C)n3)OC[C@H]2CC(C)(C)C)n1. The van der Waals surface area contributed by atoms with Crippen LogP contribution in [0.15, 0.2) is 65.7 Å². The summed E-state index contributed by atoms with van der Waals surface area (Å²) in [5, 5.41) is 0. The number of nitrogens with zero attached hydrogens (tertiary/aromatic N) is 5. The van der Waals surface area contributed by atoms with Gasteiger partial charge < -0.3 is 9.64 Å². The normalized spacial score (nSPS) is 16.7. The Morgan fingerprint density at radius 3 is 2.40 bits per heavy atom. The lowest BCUT2D eigenvalue weighted by atomic mass is 9.87. The molecule has 0 saturated carbocycles. The van der Waals surface area contributed by atoms with Gasteiger partial charge in [-0.1, -0.05) is 45.0 Å². The molecule has 43 heavy (non-hydrogen) atoms. The number of sulfonamides is 1. The first-order chi connectivity index (χ1) is 20.3. The van der Waals surface area contributed by atoms with Gasteiger partial charge in [0.25, 0.3) is 15.9 Å². The molecule has 2 aromatic carbocycles. The minimum atomic E-state index is -4.15. The van der Waals surface area contributed by atoms with Gasteiger partial charge in [0.05, 0.1) is 23.2 Å². The van der Waals surface area contributed by atoms with E-state index in [4.69, 9.17) is 4.74 Å². The lowest BCUT2D eigenvalue weighted by Gasteiger charge is -2.35. The third kappa shape index (κ3) is 6.99. The van der Waals surface area contributed by atoms with E-state index in [0.717, 1.165) is 22.4 Å². The second kappa shape index (κ2) is 11.7. The number of carbonyl (C=O) groups excluding carboxylic acids is 1. The third-order valence-electron chi connectivity index (χ3n) is 7.19. The zero-order chi connectivity index (χ0) is 30.9. The monoisotopic (exact) mass is 600 g/mol. The number of fused-ring (bicyclic) bond motifs is 4. The molecule has 0 fully saturated rings. The van der Waals surface area contributed by atoms with Crippen LogP contribution in [-0.2, 0) is 16.6 Å². The predicted octanol–water partition coefficient (Wildman–Crippen LogP) is 5.50. The molecule has 10 nitrogen and oxygen atoms in total. The summed E-state index contributed by atoms with van der Waals surface area (Å²) in [6, 6.07) is 14.9. The molecule has 1 aliphatic rings. The molecule has 0 unspecified atom stereocenters. The molecule has 0 spiro atoms. The van der Waals surface area contributed by atoms with Crippen molar-refractivity contribution in [3.63, 3.8) is 0 Å². The van der Waals surface area contributed by atoms with Crippen molar-refractivity contribution in [1.82, 2.24) is 24.8 Å². The number of aromatic nitrogens is 4. The first kappa shape index (κ1) is 30.1. The van der Waals surface area contributed by atoms with E-state index in [2.05, 4.69) is 45.4 Å². The zero-order valence-electron chi connectivity index (χ0n) is 25.2. The third-order valence-corrected chi connectivity index (χ3v) is 8.51. The molecule has 1 N–H and O–H groups in total. The van der Waals surface area contributed by atoms with Crippen LogP contribution in [0.5, 0.6) is 5.88 Å². The number of rotatable bonds is 4. The number of amides is 1. The zero-order valence-corrected chi connectivity index (χ0v) is 26.1. The van der Waals surface area contributed by atoms with Crippen LogP contribution >= 0.6 is 0 Å². The summed E-state index contributed by atoms with van der Waals surface area (Å²) in [5.41, 5.74) is 4.16. The summed E-state index contributed by atoms with van der Waals surface area (Å²) in [5.74, 6) is 0.190. The molecule has 0 aliphatic carbocycles. The molecule has 1 aliphatic heterocycles. The van der Waals surface area contributed by atoms with Gasteiger partial charge in [-0.2, -0.15) is 4.98 Å². The minimum absolute atomic E-state index is 0.0831. The molecule has 3 heterocycles. The fraction of sp³-hybridized carbons (Fsp3) is 0.344. The average molecular weight is 601 g/mol. The van der Waals surface area contributed by atoms with E-state index in [9.17, 15) is 13.2 Å². The molecule has 0 saturated heterocycles. The Morgan fingerprint density at radius 1 is 0.977 bits per heavy atom. The Hall–Kier alpha value is -4.38. The van der Waals surface area contributed by atoms with Crippen molar-refractivity contribution in [2.75, 3.05) is 11.3 Å². The van der Waals surface area contributed by atoms with Gasteiger partial charge in [-0.15, -0.1) is 0 Å². The molecule has 2 aromatic heterocycles. The highest BCUT2D eigenvalue weighted by Gasteiger charge is 2.32. The summed E-state index contributed by atoms with van der Waals surface area (Å²) >= 11 is 0. The van der Waals surface area contributed by atoms with E-state index in [1.807, 2.05) is 39.0 Å². The maximum absolute atomic E-state index is 14.2. The van der Waals surface area contributed by atoms with Crippen molar-refractivity contribution in [2.24, 2.45) is 5.41 Å². The number of hydrogen-bond donors (Lipinski definition) is 1. The Morgan fingerprint density at radius 2 is 1.70 bits per heavy atom. The van der Waals surface area contributed by atoms with Gasteiger partial charge in [0, 0.05) is 29.1 Å². The molecule has 1 amide bonds.